The molecular formula is C25H43NO5S2. The van der Waals surface area contributed by atoms with Crippen molar-refractivity contribution < 1.29 is 24.0 Å². The lowest BCUT2D eigenvalue weighted by Crippen LogP contribution is -2.31. The maximum Gasteiger partial charge on any atom is 0.333 e. The molecule has 1 heterocycles. The highest BCUT2D eigenvalue weighted by Gasteiger charge is 2.32. The summed E-state index contributed by atoms with van der Waals surface area (Å²) in [6.45, 7) is 2.63. The first-order valence-corrected chi connectivity index (χ1v) is 14.3. The van der Waals surface area contributed by atoms with Crippen molar-refractivity contribution in [3.05, 3.63) is 0 Å². The molecule has 190 valence electrons. The first-order chi connectivity index (χ1) is 16.0. The minimum absolute atomic E-state index is 0.137. The predicted molar refractivity (Wildman–Crippen MR) is 138 cm³/mol. The van der Waals surface area contributed by atoms with Gasteiger partial charge in [0.15, 0.2) is 0 Å². The van der Waals surface area contributed by atoms with Crippen molar-refractivity contribution in [1.82, 2.24) is 5.06 Å². The van der Waals surface area contributed by atoms with Crippen LogP contribution in [0.15, 0.2) is 0 Å². The summed E-state index contributed by atoms with van der Waals surface area (Å²) in [6.07, 6.45) is 19.0. The van der Waals surface area contributed by atoms with E-state index in [0.29, 0.717) is 16.1 Å². The zero-order chi connectivity index (χ0) is 24.2. The monoisotopic (exact) mass is 501 g/mol. The summed E-state index contributed by atoms with van der Waals surface area (Å²) in [7, 11) is 0. The molecular weight excluding hydrogens is 458 g/mol. The second-order valence-corrected chi connectivity index (χ2v) is 10.3. The first-order valence-electron chi connectivity index (χ1n) is 12.9. The molecule has 0 spiro atoms. The molecule has 8 heteroatoms. The normalized spacial score (nSPS) is 13.5. The molecule has 1 aliphatic rings. The molecule has 0 unspecified atom stereocenters. The number of thioether (sulfide) groups is 1. The van der Waals surface area contributed by atoms with Crippen LogP contribution in [-0.4, -0.2) is 39.6 Å². The summed E-state index contributed by atoms with van der Waals surface area (Å²) < 4.78 is 5.95. The summed E-state index contributed by atoms with van der Waals surface area (Å²) in [5.74, 6) is -0.245. The van der Waals surface area contributed by atoms with E-state index in [1.807, 2.05) is 6.92 Å². The van der Waals surface area contributed by atoms with Crippen LogP contribution in [0.5, 0.6) is 0 Å². The van der Waals surface area contributed by atoms with E-state index in [4.69, 9.17) is 21.8 Å². The predicted octanol–water partition coefficient (Wildman–Crippen LogP) is 6.89. The summed E-state index contributed by atoms with van der Waals surface area (Å²) >= 11 is 6.77. The molecule has 0 aromatic heterocycles. The third-order valence-corrected chi connectivity index (χ3v) is 7.02. The number of thiocarbonyl (C=S) groups is 1. The lowest BCUT2D eigenvalue weighted by atomic mass is 10.0. The maximum absolute atomic E-state index is 11.7. The van der Waals surface area contributed by atoms with Gasteiger partial charge in [0.25, 0.3) is 11.8 Å². The molecule has 1 fully saturated rings. The fraction of sp³-hybridized carbons (Fsp3) is 0.840. The summed E-state index contributed by atoms with van der Waals surface area (Å²) in [4.78, 5) is 39.4. The zero-order valence-corrected chi connectivity index (χ0v) is 22.1. The maximum atomic E-state index is 11.7. The van der Waals surface area contributed by atoms with Gasteiger partial charge >= 0.3 is 5.97 Å². The Hall–Kier alpha value is -1.15. The molecule has 0 aromatic rings. The number of hydroxylamine groups is 2. The van der Waals surface area contributed by atoms with E-state index in [0.717, 1.165) is 25.0 Å². The fourth-order valence-electron chi connectivity index (χ4n) is 3.79. The minimum Gasteiger partial charge on any atom is -0.479 e. The number of hydrogen-bond donors (Lipinski definition) is 0. The van der Waals surface area contributed by atoms with Crippen LogP contribution in [0.1, 0.15) is 122 Å². The number of carbonyl (C=O) groups is 3. The van der Waals surface area contributed by atoms with Gasteiger partial charge in [-0.05, 0) is 32.0 Å². The van der Waals surface area contributed by atoms with Crippen molar-refractivity contribution in [3.63, 3.8) is 0 Å². The smallest absolute Gasteiger partial charge is 0.333 e. The number of rotatable bonds is 20. The molecule has 0 aromatic carbocycles. The largest absolute Gasteiger partial charge is 0.479 e. The first kappa shape index (κ1) is 29.9. The Morgan fingerprint density at radius 2 is 1.21 bits per heavy atom. The van der Waals surface area contributed by atoms with Gasteiger partial charge in [-0.15, -0.1) is 5.06 Å². The van der Waals surface area contributed by atoms with E-state index >= 15 is 0 Å². The van der Waals surface area contributed by atoms with Crippen molar-refractivity contribution in [2.45, 2.75) is 122 Å². The van der Waals surface area contributed by atoms with E-state index in [-0.39, 0.29) is 19.3 Å². The topological polar surface area (TPSA) is 72.9 Å². The van der Waals surface area contributed by atoms with Crippen LogP contribution in [0.3, 0.4) is 0 Å². The average Bonchev–Trinajstić information content (AvgIpc) is 3.10. The summed E-state index contributed by atoms with van der Waals surface area (Å²) in [5.41, 5.74) is 0. The van der Waals surface area contributed by atoms with Crippen LogP contribution >= 0.6 is 24.0 Å². The molecule has 1 rings (SSSR count). The average molecular weight is 502 g/mol. The SMILES string of the molecule is CCOC(=S)SCCCCCCCCCCCCCCCCCC(=O)ON1C(=O)CCC1=O. The third kappa shape index (κ3) is 16.2. The van der Waals surface area contributed by atoms with E-state index in [1.54, 1.807) is 11.8 Å². The van der Waals surface area contributed by atoms with E-state index in [1.165, 1.54) is 77.0 Å². The van der Waals surface area contributed by atoms with Crippen molar-refractivity contribution in [1.29, 1.82) is 0 Å². The molecule has 0 N–H and O–H groups in total. The lowest BCUT2D eigenvalue weighted by molar-refractivity contribution is -0.197. The van der Waals surface area contributed by atoms with Crippen LogP contribution < -0.4 is 0 Å². The Morgan fingerprint density at radius 1 is 0.788 bits per heavy atom. The fourth-order valence-corrected chi connectivity index (χ4v) is 4.87. The van der Waals surface area contributed by atoms with E-state index in [9.17, 15) is 14.4 Å². The number of ether oxygens (including phenoxy) is 1. The summed E-state index contributed by atoms with van der Waals surface area (Å²) in [5, 5.41) is 0.630. The Kier molecular flexibility index (Phi) is 18.3. The van der Waals surface area contributed by atoms with Gasteiger partial charge in [0.2, 0.25) is 4.38 Å². The Morgan fingerprint density at radius 3 is 1.67 bits per heavy atom. The minimum atomic E-state index is -0.486. The molecule has 0 aliphatic carbocycles. The van der Waals surface area contributed by atoms with Crippen LogP contribution in [0.4, 0.5) is 0 Å². The van der Waals surface area contributed by atoms with E-state index in [2.05, 4.69) is 0 Å². The van der Waals surface area contributed by atoms with Gasteiger partial charge in [0.1, 0.15) is 0 Å². The van der Waals surface area contributed by atoms with Gasteiger partial charge in [-0.3, -0.25) is 9.59 Å². The Labute approximate surface area is 209 Å². The van der Waals surface area contributed by atoms with Gasteiger partial charge in [0.05, 0.1) is 6.61 Å². The second kappa shape index (κ2) is 20.2. The van der Waals surface area contributed by atoms with Crippen molar-refractivity contribution >= 4 is 46.1 Å². The molecule has 1 aliphatic heterocycles. The highest BCUT2D eigenvalue weighted by Crippen LogP contribution is 2.16. The van der Waals surface area contributed by atoms with Gasteiger partial charge in [-0.25, -0.2) is 4.79 Å². The molecule has 33 heavy (non-hydrogen) atoms. The van der Waals surface area contributed by atoms with Gasteiger partial charge in [-0.1, -0.05) is 95.2 Å². The quantitative estimate of drug-likeness (QED) is 0.102. The number of imide groups is 1. The van der Waals surface area contributed by atoms with Crippen LogP contribution in [0, 0.1) is 0 Å². The molecule has 6 nitrogen and oxygen atoms in total. The number of carbonyl (C=O) groups excluding carboxylic acids is 3. The number of nitrogens with zero attached hydrogens (tertiary/aromatic N) is 1. The second-order valence-electron chi connectivity index (χ2n) is 8.63. The van der Waals surface area contributed by atoms with Crippen molar-refractivity contribution in [2.75, 3.05) is 12.4 Å². The van der Waals surface area contributed by atoms with Crippen LogP contribution in [-0.2, 0) is 24.0 Å². The molecule has 1 saturated heterocycles. The zero-order valence-electron chi connectivity index (χ0n) is 20.4. The van der Waals surface area contributed by atoms with E-state index < -0.39 is 17.8 Å². The van der Waals surface area contributed by atoms with Gasteiger partial charge in [0, 0.05) is 25.0 Å². The number of unbranched alkanes of at least 4 members (excludes halogenated alkanes) is 14. The molecule has 0 saturated carbocycles. The van der Waals surface area contributed by atoms with Crippen LogP contribution in [0.25, 0.3) is 0 Å². The number of amides is 2. The van der Waals surface area contributed by atoms with Gasteiger partial charge in [-0.2, -0.15) is 0 Å². The highest BCUT2D eigenvalue weighted by molar-refractivity contribution is 8.22. The Bertz CT molecular complexity index is 569. The van der Waals surface area contributed by atoms with Gasteiger partial charge < -0.3 is 9.57 Å². The number of hydrogen-bond acceptors (Lipinski definition) is 7. The Balaban J connectivity index is 1.75. The summed E-state index contributed by atoms with van der Waals surface area (Å²) in [6, 6.07) is 0. The lowest BCUT2D eigenvalue weighted by Gasteiger charge is -2.12. The molecule has 2 amide bonds. The molecule has 0 bridgehead atoms. The standard InChI is InChI=1S/C25H43NO5S2/c1-2-30-25(32)33-21-17-15-13-11-9-7-5-3-4-6-8-10-12-14-16-18-24(29)31-26-22(27)19-20-23(26)28/h2-21H2,1H3. The van der Waals surface area contributed by atoms with Crippen LogP contribution in [0.2, 0.25) is 0 Å². The molecule has 0 radical (unpaired) electrons. The van der Waals surface area contributed by atoms with Crippen molar-refractivity contribution in [2.24, 2.45) is 0 Å². The third-order valence-electron chi connectivity index (χ3n) is 5.71. The highest BCUT2D eigenvalue weighted by atomic mass is 32.2. The molecule has 0 atom stereocenters. The van der Waals surface area contributed by atoms with Crippen molar-refractivity contribution in [3.8, 4) is 0 Å².